The fourth-order valence-corrected chi connectivity index (χ4v) is 4.03. The quantitative estimate of drug-likeness (QED) is 0.794. The molecule has 0 atom stereocenters. The van der Waals surface area contributed by atoms with E-state index in [1.165, 1.54) is 55.3 Å². The smallest absolute Gasteiger partial charge is 0.0236 e. The number of nitrogens with two attached hydrogens (primary N) is 1. The van der Waals surface area contributed by atoms with E-state index in [-0.39, 0.29) is 0 Å². The van der Waals surface area contributed by atoms with E-state index in [0.717, 1.165) is 13.0 Å². The van der Waals surface area contributed by atoms with Crippen LogP contribution in [0.3, 0.4) is 0 Å². The minimum absolute atomic E-state index is 0.418. The molecule has 1 aliphatic rings. The average molecular weight is 337 g/mol. The molecule has 0 aromatic heterocycles. The van der Waals surface area contributed by atoms with Crippen LogP contribution in [0.2, 0.25) is 0 Å². The summed E-state index contributed by atoms with van der Waals surface area (Å²) in [6.45, 7) is 4.42. The number of benzene rings is 2. The highest BCUT2D eigenvalue weighted by Crippen LogP contribution is 2.24. The van der Waals surface area contributed by atoms with Crippen molar-refractivity contribution in [1.29, 1.82) is 0 Å². The summed E-state index contributed by atoms with van der Waals surface area (Å²) in [5, 5.41) is 0. The van der Waals surface area contributed by atoms with Gasteiger partial charge in [-0.25, -0.2) is 0 Å². The van der Waals surface area contributed by atoms with Gasteiger partial charge in [-0.1, -0.05) is 60.2 Å². The third-order valence-electron chi connectivity index (χ3n) is 5.48. The molecule has 2 heteroatoms. The normalized spacial score (nSPS) is 20.8. The average Bonchev–Trinajstić information content (AvgIpc) is 2.63. The van der Waals surface area contributed by atoms with Crippen molar-refractivity contribution >= 4 is 0 Å². The summed E-state index contributed by atoms with van der Waals surface area (Å²) in [5.41, 5.74) is 10.4. The molecular weight excluding hydrogens is 304 g/mol. The van der Waals surface area contributed by atoms with Crippen LogP contribution in [0.1, 0.15) is 48.8 Å². The predicted octanol–water partition coefficient (Wildman–Crippen LogP) is 4.70. The second-order valence-corrected chi connectivity index (χ2v) is 7.62. The van der Waals surface area contributed by atoms with Crippen molar-refractivity contribution in [1.82, 2.24) is 4.90 Å². The van der Waals surface area contributed by atoms with Crippen LogP contribution in [-0.2, 0) is 13.0 Å². The molecule has 3 rings (SSSR count). The van der Waals surface area contributed by atoms with E-state index in [0.29, 0.717) is 12.1 Å². The van der Waals surface area contributed by atoms with Crippen molar-refractivity contribution in [3.8, 4) is 0 Å². The Labute approximate surface area is 153 Å². The van der Waals surface area contributed by atoms with Gasteiger partial charge in [0.15, 0.2) is 0 Å². The Bertz CT molecular complexity index is 630. The van der Waals surface area contributed by atoms with Gasteiger partial charge in [-0.3, -0.25) is 4.90 Å². The van der Waals surface area contributed by atoms with Gasteiger partial charge in [0.2, 0.25) is 0 Å². The Balaban J connectivity index is 1.61. The second-order valence-electron chi connectivity index (χ2n) is 7.62. The largest absolute Gasteiger partial charge is 0.328 e. The molecule has 0 aliphatic heterocycles. The van der Waals surface area contributed by atoms with Crippen LogP contribution in [0, 0.1) is 6.92 Å². The molecule has 1 saturated carbocycles. The van der Waals surface area contributed by atoms with Crippen molar-refractivity contribution in [2.24, 2.45) is 5.73 Å². The fourth-order valence-electron chi connectivity index (χ4n) is 4.03. The minimum atomic E-state index is 0.418. The third-order valence-corrected chi connectivity index (χ3v) is 5.48. The molecule has 0 radical (unpaired) electrons. The third kappa shape index (κ3) is 5.69. The molecular formula is C23H32N2. The van der Waals surface area contributed by atoms with E-state index in [9.17, 15) is 0 Å². The molecule has 0 amide bonds. The molecule has 1 fully saturated rings. The number of rotatable bonds is 7. The highest BCUT2D eigenvalue weighted by Gasteiger charge is 2.24. The van der Waals surface area contributed by atoms with E-state index in [1.807, 2.05) is 0 Å². The lowest BCUT2D eigenvalue weighted by Crippen LogP contribution is -2.41. The first-order valence-electron chi connectivity index (χ1n) is 9.80. The molecule has 1 aliphatic carbocycles. The molecule has 134 valence electrons. The fraction of sp³-hybridized carbons (Fsp3) is 0.478. The lowest BCUT2D eigenvalue weighted by atomic mass is 9.90. The second kappa shape index (κ2) is 9.17. The summed E-state index contributed by atoms with van der Waals surface area (Å²) in [6, 6.07) is 20.9. The molecule has 25 heavy (non-hydrogen) atoms. The van der Waals surface area contributed by atoms with Gasteiger partial charge in [-0.2, -0.15) is 0 Å². The van der Waals surface area contributed by atoms with Gasteiger partial charge >= 0.3 is 0 Å². The van der Waals surface area contributed by atoms with E-state index in [4.69, 9.17) is 5.73 Å². The molecule has 2 nitrogen and oxygen atoms in total. The van der Waals surface area contributed by atoms with E-state index in [2.05, 4.69) is 66.4 Å². The summed E-state index contributed by atoms with van der Waals surface area (Å²) in [6.07, 6.45) is 7.23. The maximum atomic E-state index is 6.13. The molecule has 0 saturated heterocycles. The van der Waals surface area contributed by atoms with Gasteiger partial charge in [0, 0.05) is 18.6 Å². The van der Waals surface area contributed by atoms with Gasteiger partial charge in [-0.15, -0.1) is 0 Å². The number of hydrogen-bond donors (Lipinski definition) is 1. The first-order valence-corrected chi connectivity index (χ1v) is 9.80. The van der Waals surface area contributed by atoms with Crippen LogP contribution < -0.4 is 5.73 Å². The van der Waals surface area contributed by atoms with Crippen LogP contribution >= 0.6 is 0 Å². The van der Waals surface area contributed by atoms with Crippen LogP contribution in [0.15, 0.2) is 54.6 Å². The van der Waals surface area contributed by atoms with E-state index in [1.54, 1.807) is 0 Å². The molecule has 0 unspecified atom stereocenters. The summed E-state index contributed by atoms with van der Waals surface area (Å²) in [4.78, 5) is 2.71. The molecule has 0 heterocycles. The number of nitrogens with zero attached hydrogens (tertiary/aromatic N) is 1. The predicted molar refractivity (Wildman–Crippen MR) is 107 cm³/mol. The van der Waals surface area contributed by atoms with Crippen molar-refractivity contribution in [2.75, 3.05) is 6.54 Å². The van der Waals surface area contributed by atoms with Gasteiger partial charge in [0.05, 0.1) is 0 Å². The van der Waals surface area contributed by atoms with Gasteiger partial charge < -0.3 is 5.73 Å². The summed E-state index contributed by atoms with van der Waals surface area (Å²) in [7, 11) is 0. The zero-order chi connectivity index (χ0) is 17.5. The zero-order valence-corrected chi connectivity index (χ0v) is 15.5. The lowest BCUT2D eigenvalue weighted by Gasteiger charge is -2.36. The van der Waals surface area contributed by atoms with Crippen molar-refractivity contribution in [3.63, 3.8) is 0 Å². The molecule has 2 aromatic rings. The van der Waals surface area contributed by atoms with Crippen molar-refractivity contribution < 1.29 is 0 Å². The van der Waals surface area contributed by atoms with E-state index < -0.39 is 0 Å². The minimum Gasteiger partial charge on any atom is -0.328 e. The molecule has 2 N–H and O–H groups in total. The van der Waals surface area contributed by atoms with E-state index >= 15 is 0 Å². The monoisotopic (exact) mass is 336 g/mol. The highest BCUT2D eigenvalue weighted by atomic mass is 15.2. The van der Waals surface area contributed by atoms with Gasteiger partial charge in [-0.05, 0) is 63.1 Å². The van der Waals surface area contributed by atoms with Crippen LogP contribution in [-0.4, -0.2) is 23.5 Å². The first kappa shape index (κ1) is 18.2. The standard InChI is InChI=1S/C23H32N2/c1-19-7-5-10-21(17-19)18-25(23-14-12-22(24)13-15-23)16-6-11-20-8-3-2-4-9-20/h2-5,7-10,17,22-23H,6,11-16,18,24H2,1H3. The SMILES string of the molecule is Cc1cccc(CN(CCCc2ccccc2)C2CCC(N)CC2)c1. The number of hydrogen-bond acceptors (Lipinski definition) is 2. The topological polar surface area (TPSA) is 29.3 Å². The Morgan fingerprint density at radius 2 is 1.64 bits per heavy atom. The van der Waals surface area contributed by atoms with Crippen LogP contribution in [0.4, 0.5) is 0 Å². The molecule has 0 bridgehead atoms. The zero-order valence-electron chi connectivity index (χ0n) is 15.5. The summed E-state index contributed by atoms with van der Waals surface area (Å²) < 4.78 is 0. The molecule has 0 spiro atoms. The maximum Gasteiger partial charge on any atom is 0.0236 e. The highest BCUT2D eigenvalue weighted by molar-refractivity contribution is 5.22. The van der Waals surface area contributed by atoms with Gasteiger partial charge in [0.25, 0.3) is 0 Å². The van der Waals surface area contributed by atoms with Crippen molar-refractivity contribution in [3.05, 3.63) is 71.3 Å². The molecule has 2 aromatic carbocycles. The Hall–Kier alpha value is -1.64. The Kier molecular flexibility index (Phi) is 6.66. The summed E-state index contributed by atoms with van der Waals surface area (Å²) in [5.74, 6) is 0. The lowest BCUT2D eigenvalue weighted by molar-refractivity contribution is 0.140. The van der Waals surface area contributed by atoms with Crippen LogP contribution in [0.5, 0.6) is 0 Å². The van der Waals surface area contributed by atoms with Crippen molar-refractivity contribution in [2.45, 2.75) is 64.1 Å². The Morgan fingerprint density at radius 3 is 2.36 bits per heavy atom. The number of aryl methyl sites for hydroxylation is 2. The maximum absolute atomic E-state index is 6.13. The van der Waals surface area contributed by atoms with Crippen LogP contribution in [0.25, 0.3) is 0 Å². The van der Waals surface area contributed by atoms with Gasteiger partial charge in [0.1, 0.15) is 0 Å². The first-order chi connectivity index (χ1) is 12.2. The summed E-state index contributed by atoms with van der Waals surface area (Å²) >= 11 is 0. The Morgan fingerprint density at radius 1 is 0.920 bits per heavy atom.